The van der Waals surface area contributed by atoms with Crippen LogP contribution in [0.2, 0.25) is 0 Å². The van der Waals surface area contributed by atoms with Gasteiger partial charge in [0.15, 0.2) is 0 Å². The van der Waals surface area contributed by atoms with Crippen LogP contribution in [0.3, 0.4) is 0 Å². The van der Waals surface area contributed by atoms with Crippen LogP contribution in [0.25, 0.3) is 0 Å². The first-order valence-corrected chi connectivity index (χ1v) is 1.67. The van der Waals surface area contributed by atoms with E-state index < -0.39 is 0 Å². The molecule has 0 amide bonds. The zero-order valence-electron chi connectivity index (χ0n) is 3.95. The van der Waals surface area contributed by atoms with Gasteiger partial charge in [-0.3, -0.25) is 10.7 Å². The number of rotatable bonds is 0. The maximum absolute atomic E-state index is 6.71. The number of guanidine groups is 1. The van der Waals surface area contributed by atoms with Gasteiger partial charge in [-0.25, -0.2) is 0 Å². The monoisotopic (exact) mass is 86.1 g/mol. The number of hydrogen-bond donors (Lipinski definition) is 2. The molecule has 0 aliphatic carbocycles. The van der Waals surface area contributed by atoms with Gasteiger partial charge in [-0.15, -0.1) is 0 Å². The third-order valence-corrected chi connectivity index (χ3v) is 0.460. The van der Waals surface area contributed by atoms with E-state index in [1.54, 1.807) is 14.1 Å². The summed E-state index contributed by atoms with van der Waals surface area (Å²) in [5, 5.41) is 12.7. The Balaban J connectivity index is 2.99. The van der Waals surface area contributed by atoms with Gasteiger partial charge in [0, 0.05) is 14.1 Å². The Kier molecular flexibility index (Phi) is 2.20. The third kappa shape index (κ3) is 1.58. The standard InChI is InChI=1S/C3H8N3/c1-5-3(4)6-2/h1-2H3,(H2,4,5). The molecule has 0 aliphatic heterocycles. The molecule has 0 unspecified atom stereocenters. The summed E-state index contributed by atoms with van der Waals surface area (Å²) in [5.41, 5.74) is 0. The highest BCUT2D eigenvalue weighted by Gasteiger charge is 1.78. The van der Waals surface area contributed by atoms with E-state index in [1.165, 1.54) is 0 Å². The van der Waals surface area contributed by atoms with Crippen molar-refractivity contribution >= 4 is 5.96 Å². The Morgan fingerprint density at radius 2 is 2.33 bits per heavy atom. The second-order valence-electron chi connectivity index (χ2n) is 0.822. The molecule has 0 saturated heterocycles. The normalized spacial score (nSPS) is 7.00. The van der Waals surface area contributed by atoms with Crippen molar-refractivity contribution in [3.8, 4) is 0 Å². The molecule has 1 radical (unpaired) electrons. The van der Waals surface area contributed by atoms with Crippen molar-refractivity contribution in [3.63, 3.8) is 0 Å². The van der Waals surface area contributed by atoms with Crippen LogP contribution in [0.15, 0.2) is 0 Å². The molecule has 0 bridgehead atoms. The fourth-order valence-corrected chi connectivity index (χ4v) is 0.112. The molecule has 2 N–H and O–H groups in total. The topological polar surface area (TPSA) is 50.0 Å². The molecule has 0 spiro atoms. The van der Waals surface area contributed by atoms with Gasteiger partial charge in [-0.2, -0.15) is 0 Å². The molecule has 0 aromatic rings. The van der Waals surface area contributed by atoms with Gasteiger partial charge in [-0.05, 0) is 0 Å². The first kappa shape index (κ1) is 5.27. The van der Waals surface area contributed by atoms with Gasteiger partial charge >= 0.3 is 0 Å². The van der Waals surface area contributed by atoms with Gasteiger partial charge in [0.2, 0.25) is 5.96 Å². The van der Waals surface area contributed by atoms with Crippen molar-refractivity contribution in [3.05, 3.63) is 0 Å². The van der Waals surface area contributed by atoms with Gasteiger partial charge in [-0.1, -0.05) is 0 Å². The van der Waals surface area contributed by atoms with Crippen LogP contribution in [0.5, 0.6) is 0 Å². The molecule has 0 fully saturated rings. The highest BCUT2D eigenvalue weighted by atomic mass is 15.1. The zero-order chi connectivity index (χ0) is 4.99. The minimum atomic E-state index is 0.218. The summed E-state index contributed by atoms with van der Waals surface area (Å²) in [6, 6.07) is 0. The van der Waals surface area contributed by atoms with E-state index in [9.17, 15) is 0 Å². The van der Waals surface area contributed by atoms with E-state index in [0.29, 0.717) is 0 Å². The largest absolute Gasteiger partial charge is 0.358 e. The number of nitrogens with zero attached hydrogens (tertiary/aromatic N) is 1. The molecular weight excluding hydrogens is 78.1 g/mol. The summed E-state index contributed by atoms with van der Waals surface area (Å²) in [7, 11) is 3.23. The van der Waals surface area contributed by atoms with Crippen molar-refractivity contribution in [2.45, 2.75) is 0 Å². The van der Waals surface area contributed by atoms with E-state index in [0.717, 1.165) is 0 Å². The van der Waals surface area contributed by atoms with E-state index >= 15 is 0 Å². The van der Waals surface area contributed by atoms with E-state index in [-0.39, 0.29) is 5.96 Å². The van der Waals surface area contributed by atoms with Crippen molar-refractivity contribution in [2.24, 2.45) is 0 Å². The second kappa shape index (κ2) is 2.50. The van der Waals surface area contributed by atoms with Gasteiger partial charge in [0.25, 0.3) is 0 Å². The Hall–Kier alpha value is -0.730. The molecule has 6 heavy (non-hydrogen) atoms. The highest BCUT2D eigenvalue weighted by Crippen LogP contribution is 1.47. The van der Waals surface area contributed by atoms with E-state index in [4.69, 9.17) is 5.41 Å². The molecule has 0 aliphatic rings. The van der Waals surface area contributed by atoms with Crippen LogP contribution in [0.1, 0.15) is 0 Å². The van der Waals surface area contributed by atoms with Crippen LogP contribution in [0.4, 0.5) is 0 Å². The molecule has 3 heteroatoms. The predicted molar refractivity (Wildman–Crippen MR) is 24.8 cm³/mol. The number of nitrogens with one attached hydrogen (secondary N) is 2. The Morgan fingerprint density at radius 3 is 2.33 bits per heavy atom. The maximum Gasteiger partial charge on any atom is 0.209 e. The van der Waals surface area contributed by atoms with Crippen molar-refractivity contribution in [1.29, 1.82) is 5.41 Å². The van der Waals surface area contributed by atoms with Crippen molar-refractivity contribution in [2.75, 3.05) is 14.1 Å². The second-order valence-corrected chi connectivity index (χ2v) is 0.822. The van der Waals surface area contributed by atoms with E-state index in [1.807, 2.05) is 0 Å². The lowest BCUT2D eigenvalue weighted by molar-refractivity contribution is 0.992. The zero-order valence-corrected chi connectivity index (χ0v) is 3.95. The van der Waals surface area contributed by atoms with Gasteiger partial charge < -0.3 is 5.32 Å². The molecule has 3 nitrogen and oxygen atoms in total. The van der Waals surface area contributed by atoms with Gasteiger partial charge in [0.05, 0.1) is 0 Å². The summed E-state index contributed by atoms with van der Waals surface area (Å²) < 4.78 is 0. The molecule has 0 rings (SSSR count). The van der Waals surface area contributed by atoms with Crippen LogP contribution in [-0.4, -0.2) is 20.1 Å². The highest BCUT2D eigenvalue weighted by molar-refractivity contribution is 5.75. The van der Waals surface area contributed by atoms with Crippen LogP contribution >= 0.6 is 0 Å². The first-order chi connectivity index (χ1) is 2.81. The Morgan fingerprint density at radius 1 is 1.83 bits per heavy atom. The smallest absolute Gasteiger partial charge is 0.209 e. The Labute approximate surface area is 37.3 Å². The minimum Gasteiger partial charge on any atom is -0.358 e. The van der Waals surface area contributed by atoms with Crippen molar-refractivity contribution in [1.82, 2.24) is 10.6 Å². The summed E-state index contributed by atoms with van der Waals surface area (Å²) >= 11 is 0. The fraction of sp³-hybridized carbons (Fsp3) is 0.667. The molecule has 0 saturated carbocycles. The maximum atomic E-state index is 6.71. The van der Waals surface area contributed by atoms with Gasteiger partial charge in [0.1, 0.15) is 0 Å². The number of hydrogen-bond acceptors (Lipinski definition) is 1. The van der Waals surface area contributed by atoms with Crippen LogP contribution in [-0.2, 0) is 0 Å². The molecule has 0 aromatic heterocycles. The third-order valence-electron chi connectivity index (χ3n) is 0.460. The first-order valence-electron chi connectivity index (χ1n) is 1.67. The van der Waals surface area contributed by atoms with Crippen LogP contribution in [0, 0.1) is 5.41 Å². The predicted octanol–water partition coefficient (Wildman–Crippen LogP) is -0.625. The summed E-state index contributed by atoms with van der Waals surface area (Å²) in [4.78, 5) is 0. The molecule has 0 heterocycles. The summed E-state index contributed by atoms with van der Waals surface area (Å²) in [6.07, 6.45) is 0. The fourth-order valence-electron chi connectivity index (χ4n) is 0.112. The quantitative estimate of drug-likeness (QED) is 0.299. The molecule has 0 atom stereocenters. The van der Waals surface area contributed by atoms with Crippen molar-refractivity contribution < 1.29 is 0 Å². The molecule has 0 aromatic carbocycles. The molecular formula is C3H8N3. The average molecular weight is 86.1 g/mol. The summed E-state index contributed by atoms with van der Waals surface area (Å²) in [6.45, 7) is 0. The van der Waals surface area contributed by atoms with Crippen LogP contribution < -0.4 is 10.6 Å². The molecule has 35 valence electrons. The summed E-state index contributed by atoms with van der Waals surface area (Å²) in [5.74, 6) is 0.218. The SMILES string of the molecule is C[N]C(=N)NC. The lowest BCUT2D eigenvalue weighted by atomic mass is 10.9. The average Bonchev–Trinajstić information content (AvgIpc) is 1.65. The lowest BCUT2D eigenvalue weighted by Crippen LogP contribution is -2.24. The Bertz CT molecular complexity index is 44.0. The van der Waals surface area contributed by atoms with E-state index in [2.05, 4.69) is 10.6 Å². The lowest BCUT2D eigenvalue weighted by Gasteiger charge is -1.92. The minimum absolute atomic E-state index is 0.218.